The quantitative estimate of drug-likeness (QED) is 0.741. The molecular weight excluding hydrogens is 165 g/mol. The van der Waals surface area contributed by atoms with Gasteiger partial charge in [0.2, 0.25) is 0 Å². The van der Waals surface area contributed by atoms with E-state index in [9.17, 15) is 4.39 Å². The van der Waals surface area contributed by atoms with Crippen molar-refractivity contribution in [2.24, 2.45) is 5.73 Å². The van der Waals surface area contributed by atoms with E-state index in [4.69, 9.17) is 5.73 Å². The highest BCUT2D eigenvalue weighted by Crippen LogP contribution is 2.11. The number of benzene rings is 1. The summed E-state index contributed by atoms with van der Waals surface area (Å²) in [6, 6.07) is 5.18. The van der Waals surface area contributed by atoms with E-state index in [0.29, 0.717) is 12.1 Å². The lowest BCUT2D eigenvalue weighted by molar-refractivity contribution is 0.618. The van der Waals surface area contributed by atoms with Crippen molar-refractivity contribution < 1.29 is 4.39 Å². The van der Waals surface area contributed by atoms with Gasteiger partial charge >= 0.3 is 0 Å². The molecule has 0 radical (unpaired) electrons. The zero-order chi connectivity index (χ0) is 9.84. The zero-order valence-corrected chi connectivity index (χ0v) is 7.97. The largest absolute Gasteiger partial charge is 0.327 e. The maximum atomic E-state index is 13.1. The number of hydrogen-bond donors (Lipinski definition) is 1. The molecule has 0 fully saturated rings. The second-order valence-corrected chi connectivity index (χ2v) is 3.20. The molecule has 2 heteroatoms. The van der Waals surface area contributed by atoms with Gasteiger partial charge in [-0.1, -0.05) is 23.8 Å². The molecule has 0 aliphatic carbocycles. The van der Waals surface area contributed by atoms with Crippen LogP contribution in [0.3, 0.4) is 0 Å². The van der Waals surface area contributed by atoms with E-state index in [2.05, 4.69) is 0 Å². The monoisotopic (exact) mass is 179 g/mol. The summed E-state index contributed by atoms with van der Waals surface area (Å²) >= 11 is 0. The zero-order valence-electron chi connectivity index (χ0n) is 7.97. The van der Waals surface area contributed by atoms with Gasteiger partial charge in [-0.25, -0.2) is 4.39 Å². The summed E-state index contributed by atoms with van der Waals surface area (Å²) in [6.45, 7) is 4.19. The normalized spacial score (nSPS) is 11.8. The van der Waals surface area contributed by atoms with Crippen LogP contribution >= 0.6 is 0 Å². The molecule has 0 spiro atoms. The smallest absolute Gasteiger partial charge is 0.126 e. The van der Waals surface area contributed by atoms with Crippen LogP contribution in [0.25, 0.3) is 6.08 Å². The van der Waals surface area contributed by atoms with Gasteiger partial charge in [-0.3, -0.25) is 0 Å². The molecular formula is C11H14FN. The highest BCUT2D eigenvalue weighted by atomic mass is 19.1. The Labute approximate surface area is 78.1 Å². The molecule has 0 saturated heterocycles. The molecule has 2 N–H and O–H groups in total. The second-order valence-electron chi connectivity index (χ2n) is 3.20. The first-order chi connectivity index (χ1) is 6.13. The van der Waals surface area contributed by atoms with Crippen LogP contribution in [-0.4, -0.2) is 6.54 Å². The van der Waals surface area contributed by atoms with Crippen LogP contribution in [0.4, 0.5) is 4.39 Å². The van der Waals surface area contributed by atoms with Gasteiger partial charge < -0.3 is 5.73 Å². The van der Waals surface area contributed by atoms with E-state index in [0.717, 1.165) is 11.1 Å². The Kier molecular flexibility index (Phi) is 3.20. The van der Waals surface area contributed by atoms with Gasteiger partial charge in [-0.15, -0.1) is 0 Å². The first-order valence-electron chi connectivity index (χ1n) is 4.27. The van der Waals surface area contributed by atoms with E-state index >= 15 is 0 Å². The fourth-order valence-corrected chi connectivity index (χ4v) is 1.04. The van der Waals surface area contributed by atoms with E-state index in [1.807, 2.05) is 19.1 Å². The van der Waals surface area contributed by atoms with Crippen molar-refractivity contribution in [3.8, 4) is 0 Å². The molecule has 0 unspecified atom stereocenters. The Morgan fingerprint density at radius 3 is 2.77 bits per heavy atom. The predicted octanol–water partition coefficient (Wildman–Crippen LogP) is 2.50. The van der Waals surface area contributed by atoms with Gasteiger partial charge in [0.25, 0.3) is 0 Å². The summed E-state index contributed by atoms with van der Waals surface area (Å²) in [4.78, 5) is 0. The van der Waals surface area contributed by atoms with Gasteiger partial charge in [-0.05, 0) is 31.0 Å². The lowest BCUT2D eigenvalue weighted by atomic mass is 10.1. The maximum absolute atomic E-state index is 13.1. The van der Waals surface area contributed by atoms with Crippen molar-refractivity contribution in [2.75, 3.05) is 6.54 Å². The van der Waals surface area contributed by atoms with Crippen LogP contribution in [0.1, 0.15) is 18.1 Å². The van der Waals surface area contributed by atoms with Gasteiger partial charge in [0, 0.05) is 6.54 Å². The second kappa shape index (κ2) is 4.19. The Morgan fingerprint density at radius 1 is 1.54 bits per heavy atom. The number of nitrogens with two attached hydrogens (primary N) is 1. The van der Waals surface area contributed by atoms with Gasteiger partial charge in [-0.2, -0.15) is 0 Å². The van der Waals surface area contributed by atoms with Crippen LogP contribution in [0.2, 0.25) is 0 Å². The molecule has 0 bridgehead atoms. The Balaban J connectivity index is 2.98. The van der Waals surface area contributed by atoms with E-state index in [-0.39, 0.29) is 5.82 Å². The summed E-state index contributed by atoms with van der Waals surface area (Å²) < 4.78 is 13.1. The van der Waals surface area contributed by atoms with Crippen LogP contribution in [0.5, 0.6) is 0 Å². The summed E-state index contributed by atoms with van der Waals surface area (Å²) in [5, 5.41) is 0. The maximum Gasteiger partial charge on any atom is 0.126 e. The SMILES string of the molecule is CC(=Cc1ccc(C)c(F)c1)CN. The Hall–Kier alpha value is -1.15. The van der Waals surface area contributed by atoms with Crippen molar-refractivity contribution in [1.29, 1.82) is 0 Å². The molecule has 0 aromatic heterocycles. The van der Waals surface area contributed by atoms with Crippen LogP contribution < -0.4 is 5.73 Å². The number of halogens is 1. The summed E-state index contributed by atoms with van der Waals surface area (Å²) in [5.74, 6) is -0.168. The third-order valence-corrected chi connectivity index (χ3v) is 1.93. The molecule has 0 atom stereocenters. The predicted molar refractivity (Wildman–Crippen MR) is 53.8 cm³/mol. The van der Waals surface area contributed by atoms with E-state index in [1.165, 1.54) is 6.07 Å². The molecule has 13 heavy (non-hydrogen) atoms. The third-order valence-electron chi connectivity index (χ3n) is 1.93. The highest BCUT2D eigenvalue weighted by Gasteiger charge is 1.96. The van der Waals surface area contributed by atoms with Crippen molar-refractivity contribution in [1.82, 2.24) is 0 Å². The minimum Gasteiger partial charge on any atom is -0.327 e. The minimum atomic E-state index is -0.168. The molecule has 0 saturated carbocycles. The van der Waals surface area contributed by atoms with Gasteiger partial charge in [0.1, 0.15) is 5.82 Å². The fraction of sp³-hybridized carbons (Fsp3) is 0.273. The van der Waals surface area contributed by atoms with Gasteiger partial charge in [0.15, 0.2) is 0 Å². The first kappa shape index (κ1) is 9.93. The topological polar surface area (TPSA) is 26.0 Å². The highest BCUT2D eigenvalue weighted by molar-refractivity contribution is 5.53. The average molecular weight is 179 g/mol. The van der Waals surface area contributed by atoms with Crippen molar-refractivity contribution >= 4 is 6.08 Å². The van der Waals surface area contributed by atoms with Crippen molar-refractivity contribution in [2.45, 2.75) is 13.8 Å². The molecule has 0 amide bonds. The molecule has 1 nitrogen and oxygen atoms in total. The average Bonchev–Trinajstić information content (AvgIpc) is 2.11. The summed E-state index contributed by atoms with van der Waals surface area (Å²) in [7, 11) is 0. The number of hydrogen-bond acceptors (Lipinski definition) is 1. The van der Waals surface area contributed by atoms with Gasteiger partial charge in [0.05, 0.1) is 0 Å². The standard InChI is InChI=1S/C11H14FN/c1-8(7-13)5-10-4-3-9(2)11(12)6-10/h3-6H,7,13H2,1-2H3. The molecule has 1 rings (SSSR count). The molecule has 1 aromatic rings. The summed E-state index contributed by atoms with van der Waals surface area (Å²) in [5.41, 5.74) is 8.01. The number of aryl methyl sites for hydroxylation is 1. The number of rotatable bonds is 2. The van der Waals surface area contributed by atoms with Crippen molar-refractivity contribution in [3.05, 3.63) is 40.7 Å². The third kappa shape index (κ3) is 2.67. The fourth-order valence-electron chi connectivity index (χ4n) is 1.04. The Bertz CT molecular complexity index is 329. The lowest BCUT2D eigenvalue weighted by Crippen LogP contribution is -1.99. The van der Waals surface area contributed by atoms with Crippen LogP contribution in [0.15, 0.2) is 23.8 Å². The molecule has 0 heterocycles. The van der Waals surface area contributed by atoms with Crippen LogP contribution in [0, 0.1) is 12.7 Å². The molecule has 1 aromatic carbocycles. The summed E-state index contributed by atoms with van der Waals surface area (Å²) in [6.07, 6.45) is 1.89. The van der Waals surface area contributed by atoms with Crippen molar-refractivity contribution in [3.63, 3.8) is 0 Å². The molecule has 70 valence electrons. The van der Waals surface area contributed by atoms with E-state index < -0.39 is 0 Å². The first-order valence-corrected chi connectivity index (χ1v) is 4.27. The Morgan fingerprint density at radius 2 is 2.23 bits per heavy atom. The lowest BCUT2D eigenvalue weighted by Gasteiger charge is -1.99. The molecule has 0 aliphatic rings. The molecule has 0 aliphatic heterocycles. The van der Waals surface area contributed by atoms with E-state index in [1.54, 1.807) is 13.0 Å². The van der Waals surface area contributed by atoms with Crippen LogP contribution in [-0.2, 0) is 0 Å². The minimum absolute atomic E-state index is 0.168.